The molecular weight excluding hydrogens is 352 g/mol. The van der Waals surface area contributed by atoms with E-state index in [1.165, 1.54) is 0 Å². The second-order valence-corrected chi connectivity index (χ2v) is 10.5. The van der Waals surface area contributed by atoms with Crippen LogP contribution in [0.15, 0.2) is 12.7 Å². The first-order chi connectivity index (χ1) is 13.0. The van der Waals surface area contributed by atoms with Crippen molar-refractivity contribution < 1.29 is 19.8 Å². The van der Waals surface area contributed by atoms with Gasteiger partial charge in [-0.15, -0.1) is 6.58 Å². The number of hydrogen-bond donors (Lipinski definition) is 2. The minimum Gasteiger partial charge on any atom is -0.396 e. The first-order valence-corrected chi connectivity index (χ1v) is 10.9. The number of allylic oxidation sites excluding steroid dienone is 1. The van der Waals surface area contributed by atoms with E-state index < -0.39 is 6.61 Å². The lowest BCUT2D eigenvalue weighted by Crippen LogP contribution is -2.56. The lowest BCUT2D eigenvalue weighted by Gasteiger charge is -2.58. The smallest absolute Gasteiger partial charge is 0.158 e. The molecule has 1 unspecified atom stereocenters. The maximum atomic E-state index is 13.3. The van der Waals surface area contributed by atoms with Crippen molar-refractivity contribution in [3.05, 3.63) is 12.7 Å². The summed E-state index contributed by atoms with van der Waals surface area (Å²) in [5, 5.41) is 19.4. The summed E-state index contributed by atoms with van der Waals surface area (Å²) in [7, 11) is 0. The van der Waals surface area contributed by atoms with E-state index in [-0.39, 0.29) is 46.4 Å². The van der Waals surface area contributed by atoms with Crippen LogP contribution < -0.4 is 0 Å². The Hall–Kier alpha value is -1.00. The zero-order valence-electron chi connectivity index (χ0n) is 18.5. The van der Waals surface area contributed by atoms with Crippen molar-refractivity contribution in [3.8, 4) is 0 Å². The number of fused-ring (bicyclic) bond motifs is 1. The van der Waals surface area contributed by atoms with Gasteiger partial charge in [0.25, 0.3) is 0 Å². The molecule has 28 heavy (non-hydrogen) atoms. The second-order valence-electron chi connectivity index (χ2n) is 10.5. The highest BCUT2D eigenvalue weighted by atomic mass is 16.3. The molecule has 0 radical (unpaired) electrons. The van der Waals surface area contributed by atoms with Gasteiger partial charge in [0.05, 0.1) is 0 Å². The van der Waals surface area contributed by atoms with Gasteiger partial charge < -0.3 is 10.2 Å². The number of hydrogen-bond acceptors (Lipinski definition) is 4. The zero-order chi connectivity index (χ0) is 21.3. The van der Waals surface area contributed by atoms with Gasteiger partial charge in [0, 0.05) is 25.4 Å². The third-order valence-corrected chi connectivity index (χ3v) is 8.57. The molecule has 2 aliphatic rings. The third-order valence-electron chi connectivity index (χ3n) is 8.57. The average molecular weight is 393 g/mol. The predicted molar refractivity (Wildman–Crippen MR) is 112 cm³/mol. The minimum absolute atomic E-state index is 0.00670. The van der Waals surface area contributed by atoms with Gasteiger partial charge >= 0.3 is 0 Å². The Morgan fingerprint density at radius 3 is 2.54 bits per heavy atom. The van der Waals surface area contributed by atoms with Crippen LogP contribution in [0.4, 0.5) is 0 Å². The van der Waals surface area contributed by atoms with E-state index in [0.717, 1.165) is 25.7 Å². The fraction of sp³-hybridized carbons (Fsp3) is 0.833. The summed E-state index contributed by atoms with van der Waals surface area (Å²) in [6, 6.07) is 0. The molecular formula is C24H40O4. The lowest BCUT2D eigenvalue weighted by atomic mass is 9.45. The van der Waals surface area contributed by atoms with Gasteiger partial charge in [-0.05, 0) is 59.7 Å². The molecule has 0 spiro atoms. The van der Waals surface area contributed by atoms with Crippen molar-refractivity contribution in [2.45, 2.75) is 73.1 Å². The van der Waals surface area contributed by atoms with E-state index in [9.17, 15) is 19.8 Å². The Balaban J connectivity index is 2.57. The molecule has 2 aliphatic carbocycles. The monoisotopic (exact) mass is 392 g/mol. The van der Waals surface area contributed by atoms with Crippen LogP contribution in [0.3, 0.4) is 0 Å². The summed E-state index contributed by atoms with van der Waals surface area (Å²) in [5.41, 5.74) is -0.667. The molecule has 0 saturated heterocycles. The highest BCUT2D eigenvalue weighted by molar-refractivity contribution is 5.86. The molecule has 0 aromatic heterocycles. The van der Waals surface area contributed by atoms with Crippen LogP contribution in [-0.4, -0.2) is 35.0 Å². The van der Waals surface area contributed by atoms with E-state index in [1.807, 2.05) is 6.08 Å². The maximum absolute atomic E-state index is 13.3. The van der Waals surface area contributed by atoms with Crippen molar-refractivity contribution >= 4 is 11.6 Å². The highest BCUT2D eigenvalue weighted by Crippen LogP contribution is 2.66. The SMILES string of the molecule is C=CC(C)(C)C[C@@H](CC(=O)CO)[C@@]1(C)C2C(=O)CC[C@]2([C@H](C)CO)CC[C@H]1C. The molecule has 6 atom stereocenters. The Labute approximate surface area is 170 Å². The molecule has 0 aromatic carbocycles. The molecule has 2 rings (SSSR count). The van der Waals surface area contributed by atoms with E-state index in [2.05, 4.69) is 41.2 Å². The first-order valence-electron chi connectivity index (χ1n) is 10.9. The molecule has 4 heteroatoms. The second kappa shape index (κ2) is 8.39. The van der Waals surface area contributed by atoms with Gasteiger partial charge in [-0.25, -0.2) is 0 Å². The van der Waals surface area contributed by atoms with Crippen molar-refractivity contribution in [2.75, 3.05) is 13.2 Å². The van der Waals surface area contributed by atoms with Crippen LogP contribution in [0.25, 0.3) is 0 Å². The van der Waals surface area contributed by atoms with Crippen LogP contribution in [0.5, 0.6) is 0 Å². The zero-order valence-corrected chi connectivity index (χ0v) is 18.5. The number of rotatable bonds is 9. The van der Waals surface area contributed by atoms with Crippen LogP contribution in [-0.2, 0) is 9.59 Å². The first kappa shape index (κ1) is 23.3. The molecule has 0 aliphatic heterocycles. The number of aliphatic hydroxyl groups is 2. The van der Waals surface area contributed by atoms with Crippen molar-refractivity contribution in [2.24, 2.45) is 39.9 Å². The fourth-order valence-electron chi connectivity index (χ4n) is 6.45. The van der Waals surface area contributed by atoms with Gasteiger partial charge in [-0.3, -0.25) is 9.59 Å². The Morgan fingerprint density at radius 2 is 2.00 bits per heavy atom. The summed E-state index contributed by atoms with van der Waals surface area (Å²) >= 11 is 0. The summed E-state index contributed by atoms with van der Waals surface area (Å²) < 4.78 is 0. The Kier molecular flexibility index (Phi) is 6.98. The molecule has 160 valence electrons. The van der Waals surface area contributed by atoms with E-state index >= 15 is 0 Å². The quantitative estimate of drug-likeness (QED) is 0.577. The van der Waals surface area contributed by atoms with E-state index in [1.54, 1.807) is 0 Å². The van der Waals surface area contributed by atoms with E-state index in [0.29, 0.717) is 24.5 Å². The number of Topliss-reactive ketones (excluding diaryl/α,β-unsaturated/α-hetero) is 2. The molecule has 0 aromatic rings. The van der Waals surface area contributed by atoms with Crippen LogP contribution in [0, 0.1) is 39.9 Å². The summed E-state index contributed by atoms with van der Waals surface area (Å²) in [6.45, 7) is 14.3. The third kappa shape index (κ3) is 3.87. The molecule has 4 nitrogen and oxygen atoms in total. The number of carbonyl (C=O) groups excluding carboxylic acids is 2. The molecule has 0 heterocycles. The largest absolute Gasteiger partial charge is 0.396 e. The topological polar surface area (TPSA) is 74.6 Å². The number of aliphatic hydroxyl groups excluding tert-OH is 2. The van der Waals surface area contributed by atoms with Crippen LogP contribution in [0.1, 0.15) is 73.1 Å². The normalized spacial score (nSPS) is 35.3. The van der Waals surface area contributed by atoms with Crippen molar-refractivity contribution in [3.63, 3.8) is 0 Å². The Bertz CT molecular complexity index is 610. The lowest BCUT2D eigenvalue weighted by molar-refractivity contribution is -0.152. The number of carbonyl (C=O) groups is 2. The van der Waals surface area contributed by atoms with Gasteiger partial charge in [-0.2, -0.15) is 0 Å². The maximum Gasteiger partial charge on any atom is 0.158 e. The van der Waals surface area contributed by atoms with Gasteiger partial charge in [-0.1, -0.05) is 40.7 Å². The molecule has 2 saturated carbocycles. The van der Waals surface area contributed by atoms with Crippen LogP contribution >= 0.6 is 0 Å². The van der Waals surface area contributed by atoms with Gasteiger partial charge in [0.1, 0.15) is 12.4 Å². The predicted octanol–water partition coefficient (Wildman–Crippen LogP) is 4.19. The van der Waals surface area contributed by atoms with Gasteiger partial charge in [0.15, 0.2) is 5.78 Å². The number of ketones is 2. The Morgan fingerprint density at radius 1 is 1.36 bits per heavy atom. The summed E-state index contributed by atoms with van der Waals surface area (Å²) in [4.78, 5) is 25.6. The average Bonchev–Trinajstić information content (AvgIpc) is 3.02. The van der Waals surface area contributed by atoms with E-state index in [4.69, 9.17) is 0 Å². The molecule has 2 N–H and O–H groups in total. The minimum atomic E-state index is -0.452. The van der Waals surface area contributed by atoms with Gasteiger partial charge in [0.2, 0.25) is 0 Å². The highest BCUT2D eigenvalue weighted by Gasteiger charge is 2.63. The molecule has 0 amide bonds. The molecule has 0 bridgehead atoms. The summed E-state index contributed by atoms with van der Waals surface area (Å²) in [6.07, 6.45) is 6.37. The summed E-state index contributed by atoms with van der Waals surface area (Å²) in [5.74, 6) is 0.367. The fourth-order valence-corrected chi connectivity index (χ4v) is 6.45. The standard InChI is InChI=1S/C24H40O4/c1-7-22(4,5)13-18(12-19(27)15-26)23(6)16(2)8-10-24(17(3)14-25)11-9-20(28)21(23)24/h7,16-18,21,25-26H,1,8-15H2,2-6H3/t16-,17-,18-,21?,23+,24+/m1/s1. The van der Waals surface area contributed by atoms with Crippen molar-refractivity contribution in [1.29, 1.82) is 0 Å². The molecule has 2 fully saturated rings. The van der Waals surface area contributed by atoms with Crippen LogP contribution in [0.2, 0.25) is 0 Å². The van der Waals surface area contributed by atoms with Crippen molar-refractivity contribution in [1.82, 2.24) is 0 Å².